The van der Waals surface area contributed by atoms with Crippen molar-refractivity contribution in [3.63, 3.8) is 0 Å². The summed E-state index contributed by atoms with van der Waals surface area (Å²) in [4.78, 5) is 8.14. The average molecular weight is 114 g/mol. The van der Waals surface area contributed by atoms with Crippen LogP contribution in [-0.2, 0) is 4.84 Å². The molecule has 0 heterocycles. The number of hydrogen-bond donors (Lipinski definition) is 0. The molecule has 46 valence electrons. The van der Waals surface area contributed by atoms with Gasteiger partial charge in [-0.25, -0.2) is 4.99 Å². The fourth-order valence-corrected chi connectivity index (χ4v) is 0.187. The van der Waals surface area contributed by atoms with Gasteiger partial charge in [-0.15, -0.1) is 0 Å². The molecule has 0 aromatic heterocycles. The lowest BCUT2D eigenvalue weighted by atomic mass is 10.7. The summed E-state index contributed by atoms with van der Waals surface area (Å²) in [7, 11) is 0. The topological polar surface area (TPSA) is 34.0 Å². The first-order valence-electron chi connectivity index (χ1n) is 2.44. The molecule has 0 aromatic carbocycles. The van der Waals surface area contributed by atoms with Gasteiger partial charge >= 0.3 is 0 Å². The van der Waals surface area contributed by atoms with E-state index in [-0.39, 0.29) is 0 Å². The first-order valence-corrected chi connectivity index (χ1v) is 2.44. The maximum Gasteiger partial charge on any atom is 0.163 e. The molecule has 0 aliphatic rings. The van der Waals surface area contributed by atoms with E-state index >= 15 is 0 Å². The van der Waals surface area contributed by atoms with Crippen molar-refractivity contribution in [3.05, 3.63) is 0 Å². The SMILES string of the molecule is C=N/C(C)=N\OCC. The monoisotopic (exact) mass is 114 g/mol. The predicted molar refractivity (Wildman–Crippen MR) is 34.3 cm³/mol. The average Bonchev–Trinajstić information content (AvgIpc) is 1.83. The molecule has 0 radical (unpaired) electrons. The molecular weight excluding hydrogens is 104 g/mol. The largest absolute Gasteiger partial charge is 0.395 e. The molecule has 0 rings (SSSR count). The van der Waals surface area contributed by atoms with Crippen molar-refractivity contribution < 1.29 is 4.84 Å². The lowest BCUT2D eigenvalue weighted by molar-refractivity contribution is 0.158. The number of nitrogens with zero attached hydrogens (tertiary/aromatic N) is 2. The van der Waals surface area contributed by atoms with Crippen LogP contribution in [0.1, 0.15) is 13.8 Å². The van der Waals surface area contributed by atoms with Gasteiger partial charge in [0.1, 0.15) is 6.61 Å². The molecule has 0 fully saturated rings. The Balaban J connectivity index is 3.40. The Hall–Kier alpha value is -0.860. The third kappa shape index (κ3) is 3.33. The first-order chi connectivity index (χ1) is 3.81. The summed E-state index contributed by atoms with van der Waals surface area (Å²) in [5, 5.41) is 3.55. The van der Waals surface area contributed by atoms with Gasteiger partial charge in [0.2, 0.25) is 0 Å². The molecule has 0 amide bonds. The Kier molecular flexibility index (Phi) is 3.84. The van der Waals surface area contributed by atoms with Gasteiger partial charge in [-0.05, 0) is 20.6 Å². The number of oxime groups is 1. The molecule has 0 N–H and O–H groups in total. The highest BCUT2D eigenvalue weighted by atomic mass is 16.6. The van der Waals surface area contributed by atoms with E-state index in [0.29, 0.717) is 12.4 Å². The highest BCUT2D eigenvalue weighted by Crippen LogP contribution is 1.78. The number of rotatable bonds is 2. The van der Waals surface area contributed by atoms with Gasteiger partial charge in [0.15, 0.2) is 5.84 Å². The van der Waals surface area contributed by atoms with Crippen LogP contribution in [0.15, 0.2) is 10.1 Å². The van der Waals surface area contributed by atoms with E-state index < -0.39 is 0 Å². The summed E-state index contributed by atoms with van der Waals surface area (Å²) in [6, 6.07) is 0. The highest BCUT2D eigenvalue weighted by molar-refractivity contribution is 5.83. The van der Waals surface area contributed by atoms with Crippen LogP contribution >= 0.6 is 0 Å². The van der Waals surface area contributed by atoms with E-state index in [0.717, 1.165) is 0 Å². The van der Waals surface area contributed by atoms with Gasteiger partial charge in [-0.2, -0.15) is 0 Å². The molecular formula is C5H10N2O. The van der Waals surface area contributed by atoms with Gasteiger partial charge in [-0.3, -0.25) is 0 Å². The molecule has 0 unspecified atom stereocenters. The predicted octanol–water partition coefficient (Wildman–Crippen LogP) is 1.06. The fraction of sp³-hybridized carbons (Fsp3) is 0.600. The third-order valence-electron chi connectivity index (χ3n) is 0.555. The van der Waals surface area contributed by atoms with Crippen LogP contribution in [0.2, 0.25) is 0 Å². The number of aliphatic imine (C=N–C) groups is 1. The van der Waals surface area contributed by atoms with E-state index in [1.807, 2.05) is 6.92 Å². The minimum absolute atomic E-state index is 0.562. The molecule has 0 aliphatic heterocycles. The maximum absolute atomic E-state index is 4.64. The summed E-state index contributed by atoms with van der Waals surface area (Å²) in [6.45, 7) is 7.41. The van der Waals surface area contributed by atoms with E-state index in [9.17, 15) is 0 Å². The third-order valence-corrected chi connectivity index (χ3v) is 0.555. The Bertz CT molecular complexity index is 98.6. The second-order valence-electron chi connectivity index (χ2n) is 1.21. The van der Waals surface area contributed by atoms with Crippen molar-refractivity contribution in [2.24, 2.45) is 10.1 Å². The summed E-state index contributed by atoms with van der Waals surface area (Å²) >= 11 is 0. The lowest BCUT2D eigenvalue weighted by Crippen LogP contribution is -1.86. The van der Waals surface area contributed by atoms with Crippen LogP contribution in [0.5, 0.6) is 0 Å². The second kappa shape index (κ2) is 4.30. The quantitative estimate of drug-likeness (QED) is 0.300. The molecule has 0 bridgehead atoms. The Morgan fingerprint density at radius 2 is 2.38 bits per heavy atom. The standard InChI is InChI=1S/C5H10N2O/c1-4-8-7-5(2)6-3/h3-4H2,1-2H3/b7-5-. The molecule has 8 heavy (non-hydrogen) atoms. The normalized spacial score (nSPS) is 11.0. The van der Waals surface area contributed by atoms with Crippen LogP contribution in [0.4, 0.5) is 0 Å². The Morgan fingerprint density at radius 1 is 1.75 bits per heavy atom. The minimum atomic E-state index is 0.562. The smallest absolute Gasteiger partial charge is 0.163 e. The van der Waals surface area contributed by atoms with Gasteiger partial charge in [0.05, 0.1) is 0 Å². The van der Waals surface area contributed by atoms with E-state index in [1.165, 1.54) is 0 Å². The molecule has 0 saturated carbocycles. The lowest BCUT2D eigenvalue weighted by Gasteiger charge is -1.90. The Morgan fingerprint density at radius 3 is 2.75 bits per heavy atom. The van der Waals surface area contributed by atoms with Crippen LogP contribution in [0.25, 0.3) is 0 Å². The van der Waals surface area contributed by atoms with Gasteiger partial charge in [-0.1, -0.05) is 5.16 Å². The zero-order chi connectivity index (χ0) is 6.41. The van der Waals surface area contributed by atoms with Crippen molar-refractivity contribution in [1.29, 1.82) is 0 Å². The van der Waals surface area contributed by atoms with Crippen LogP contribution in [-0.4, -0.2) is 19.2 Å². The van der Waals surface area contributed by atoms with Crippen molar-refractivity contribution in [3.8, 4) is 0 Å². The molecule has 0 saturated heterocycles. The van der Waals surface area contributed by atoms with Crippen molar-refractivity contribution >= 4 is 12.6 Å². The van der Waals surface area contributed by atoms with E-state index in [2.05, 4.69) is 21.7 Å². The zero-order valence-electron chi connectivity index (χ0n) is 5.22. The number of amidine groups is 1. The van der Waals surface area contributed by atoms with E-state index in [1.54, 1.807) is 6.92 Å². The molecule has 0 aromatic rings. The van der Waals surface area contributed by atoms with Gasteiger partial charge < -0.3 is 4.84 Å². The summed E-state index contributed by atoms with van der Waals surface area (Å²) in [5.74, 6) is 0.562. The minimum Gasteiger partial charge on any atom is -0.395 e. The molecule has 3 heteroatoms. The summed E-state index contributed by atoms with van der Waals surface area (Å²) in [6.07, 6.45) is 0. The zero-order valence-corrected chi connectivity index (χ0v) is 5.22. The van der Waals surface area contributed by atoms with E-state index in [4.69, 9.17) is 0 Å². The second-order valence-corrected chi connectivity index (χ2v) is 1.21. The van der Waals surface area contributed by atoms with Crippen molar-refractivity contribution in [2.45, 2.75) is 13.8 Å². The highest BCUT2D eigenvalue weighted by Gasteiger charge is 1.78. The van der Waals surface area contributed by atoms with Crippen LogP contribution in [0, 0.1) is 0 Å². The van der Waals surface area contributed by atoms with Crippen LogP contribution < -0.4 is 0 Å². The summed E-state index contributed by atoms with van der Waals surface area (Å²) in [5.41, 5.74) is 0. The maximum atomic E-state index is 4.64. The van der Waals surface area contributed by atoms with Crippen LogP contribution in [0.3, 0.4) is 0 Å². The van der Waals surface area contributed by atoms with Crippen molar-refractivity contribution in [1.82, 2.24) is 0 Å². The molecule has 0 spiro atoms. The molecule has 3 nitrogen and oxygen atoms in total. The van der Waals surface area contributed by atoms with Gasteiger partial charge in [0, 0.05) is 0 Å². The summed E-state index contributed by atoms with van der Waals surface area (Å²) < 4.78 is 0. The van der Waals surface area contributed by atoms with Crippen molar-refractivity contribution in [2.75, 3.05) is 6.61 Å². The fourth-order valence-electron chi connectivity index (χ4n) is 0.187. The molecule has 0 atom stereocenters. The first kappa shape index (κ1) is 7.14. The molecule has 0 aliphatic carbocycles. The van der Waals surface area contributed by atoms with Gasteiger partial charge in [0.25, 0.3) is 0 Å². The number of hydrogen-bond acceptors (Lipinski definition) is 2. The Labute approximate surface area is 49.1 Å².